The second-order valence-corrected chi connectivity index (χ2v) is 24.4. The Labute approximate surface area is 462 Å². The molecule has 1 amide bonds. The van der Waals surface area contributed by atoms with Gasteiger partial charge in [0, 0.05) is 86.8 Å². The van der Waals surface area contributed by atoms with E-state index in [1.165, 1.54) is 59.1 Å². The van der Waals surface area contributed by atoms with Crippen molar-refractivity contribution in [3.8, 4) is 17.2 Å². The Hall–Kier alpha value is -6.18. The highest BCUT2D eigenvalue weighted by molar-refractivity contribution is 7.71. The molecule has 428 valence electrons. The van der Waals surface area contributed by atoms with E-state index < -0.39 is 110 Å². The van der Waals surface area contributed by atoms with Crippen LogP contribution in [0.1, 0.15) is 130 Å². The smallest absolute Gasteiger partial charge is 0.312 e. The molecular formula is C56H72N4O17P2. The lowest BCUT2D eigenvalue weighted by Crippen LogP contribution is -2.45. The molecule has 2 aromatic rings. The average molecular weight is 1140 g/mol. The van der Waals surface area contributed by atoms with Gasteiger partial charge in [-0.25, -0.2) is 0 Å². The van der Waals surface area contributed by atoms with Crippen molar-refractivity contribution in [2.45, 2.75) is 118 Å². The van der Waals surface area contributed by atoms with Crippen LogP contribution in [-0.2, 0) is 38.8 Å². The zero-order valence-corrected chi connectivity index (χ0v) is 48.0. The summed E-state index contributed by atoms with van der Waals surface area (Å²) in [6, 6.07) is 4.63. The second-order valence-electron chi connectivity index (χ2n) is 21.2. The van der Waals surface area contributed by atoms with Crippen LogP contribution in [0.5, 0.6) is 17.2 Å². The first kappa shape index (κ1) is 62.0. The molecule has 21 nitrogen and oxygen atoms in total. The Morgan fingerprint density at radius 2 is 1.67 bits per heavy atom. The van der Waals surface area contributed by atoms with Crippen LogP contribution in [0.3, 0.4) is 0 Å². The molecule has 1 aliphatic carbocycles. The first-order valence-corrected chi connectivity index (χ1v) is 29.0. The van der Waals surface area contributed by atoms with Crippen LogP contribution >= 0.6 is 16.5 Å². The van der Waals surface area contributed by atoms with Crippen LogP contribution in [0.2, 0.25) is 0 Å². The molecule has 4 aliphatic heterocycles. The maximum Gasteiger partial charge on any atom is 0.312 e. The molecule has 1 saturated heterocycles. The number of rotatable bonds is 13. The summed E-state index contributed by atoms with van der Waals surface area (Å²) in [5.74, 6) is -8.71. The number of Topliss-reactive ketones (excluding diaryl/α,β-unsaturated/α-hetero) is 3. The number of fused-ring (bicyclic) bond motifs is 14. The van der Waals surface area contributed by atoms with Gasteiger partial charge in [0.25, 0.3) is 11.7 Å². The molecule has 4 unspecified atom stereocenters. The van der Waals surface area contributed by atoms with Gasteiger partial charge in [-0.1, -0.05) is 52.8 Å². The van der Waals surface area contributed by atoms with Crippen LogP contribution in [-0.4, -0.2) is 145 Å². The molecule has 0 radical (unpaired) electrons. The zero-order valence-electron chi connectivity index (χ0n) is 46.2. The van der Waals surface area contributed by atoms with Crippen LogP contribution in [0, 0.1) is 24.7 Å². The summed E-state index contributed by atoms with van der Waals surface area (Å²) in [6.45, 7) is 17.9. The molecule has 2 aromatic carbocycles. The molecule has 6 N–H and O–H groups in total. The van der Waals surface area contributed by atoms with Crippen LogP contribution in [0.15, 0.2) is 70.7 Å². The third-order valence-corrected chi connectivity index (χ3v) is 17.4. The van der Waals surface area contributed by atoms with Crippen LogP contribution in [0.25, 0.3) is 0 Å². The monoisotopic (exact) mass is 1130 g/mol. The molecule has 23 heteroatoms. The second kappa shape index (κ2) is 26.4. The van der Waals surface area contributed by atoms with E-state index in [0.717, 1.165) is 6.21 Å². The van der Waals surface area contributed by atoms with Crippen molar-refractivity contribution in [3.63, 3.8) is 0 Å². The number of hydrogen-bond acceptors (Lipinski definition) is 20. The molecule has 79 heavy (non-hydrogen) atoms. The molecule has 7 rings (SSSR count). The highest BCUT2D eigenvalue weighted by atomic mass is 31.2. The summed E-state index contributed by atoms with van der Waals surface area (Å²) in [6.07, 6.45) is 8.59. The number of carbonyl (C=O) groups excluding carboxylic acids is 7. The minimum atomic E-state index is -2.36. The highest BCUT2D eigenvalue weighted by Crippen LogP contribution is 2.49. The van der Waals surface area contributed by atoms with Gasteiger partial charge in [0.05, 0.1) is 61.3 Å². The number of allylic oxidation sites excluding steroid dienone is 6. The highest BCUT2D eigenvalue weighted by Gasteiger charge is 2.52. The van der Waals surface area contributed by atoms with Gasteiger partial charge >= 0.3 is 23.7 Å². The number of hydrazone groups is 1. The van der Waals surface area contributed by atoms with Gasteiger partial charge in [-0.05, 0) is 69.2 Å². The Bertz CT molecular complexity index is 2870. The van der Waals surface area contributed by atoms with Gasteiger partial charge in [-0.2, -0.15) is 5.10 Å². The fourth-order valence-corrected chi connectivity index (χ4v) is 12.1. The van der Waals surface area contributed by atoms with Gasteiger partial charge in [-0.3, -0.25) is 43.5 Å². The fourth-order valence-electron chi connectivity index (χ4n) is 9.95. The number of aliphatic hydroxyl groups excluding tert-OH is 1. The standard InChI is InChI=1S/C56H72N4O17P2/c1-31-14-13-15-32(2)54(69)58-47-39(29-57-60-21-19-59(20-22-60)23-25-73-43(63)28-55(8,9)40-27-38(78(70)30-79(71)72)17-18-42(40)76-37(7)62)50(66)44-45(51(47)67)49(65)35(5)52-46(44)53(68)56(10,77-52)74-24-12-11-16-41(75-36(6)61)34(4)48(64)33(3)26-31/h12-15,17-18,24,27,29,31,33-34,41,48,64-65,70-72H,11,16,19-23,25-26,28,30H2,1-10H3,(H,58,69)/b14-13+,24-12+,32-15-,57-29+/t31?,33-,34+,41?,48?,56+,78?/m1/s1. The van der Waals surface area contributed by atoms with E-state index in [4.69, 9.17) is 23.7 Å². The topological polar surface area (TPSA) is 298 Å². The summed E-state index contributed by atoms with van der Waals surface area (Å²) in [4.78, 5) is 127. The van der Waals surface area contributed by atoms with E-state index in [-0.39, 0.29) is 64.5 Å². The van der Waals surface area contributed by atoms with Gasteiger partial charge in [0.15, 0.2) is 14.2 Å². The number of amides is 1. The average Bonchev–Trinajstić information content (AvgIpc) is 3.96. The maximum absolute atomic E-state index is 14.9. The van der Waals surface area contributed by atoms with Crippen molar-refractivity contribution in [1.82, 2.24) is 15.2 Å². The van der Waals surface area contributed by atoms with Crippen LogP contribution in [0.4, 0.5) is 0 Å². The summed E-state index contributed by atoms with van der Waals surface area (Å²) in [5.41, 5.74) is -2.46. The first-order valence-electron chi connectivity index (χ1n) is 26.1. The quantitative estimate of drug-likeness (QED) is 0.0592. The van der Waals surface area contributed by atoms with Gasteiger partial charge in [-0.15, -0.1) is 0 Å². The summed E-state index contributed by atoms with van der Waals surface area (Å²) in [7, 11) is -4.30. The number of benzene rings is 2. The minimum absolute atomic E-state index is 0.0255. The Kier molecular flexibility index (Phi) is 20.7. The largest absolute Gasteiger partial charge is 0.507 e. The van der Waals surface area contributed by atoms with Crippen molar-refractivity contribution >= 4 is 69.2 Å². The fraction of sp³-hybridized carbons (Fsp3) is 0.500. The van der Waals surface area contributed by atoms with Crippen LogP contribution < -0.4 is 20.1 Å². The lowest BCUT2D eigenvalue weighted by molar-refractivity contribution is -0.152. The van der Waals surface area contributed by atoms with Crippen molar-refractivity contribution < 1.29 is 82.1 Å². The summed E-state index contributed by atoms with van der Waals surface area (Å²) < 4.78 is 28.7. The minimum Gasteiger partial charge on any atom is -0.507 e. The lowest BCUT2D eigenvalue weighted by atomic mass is 9.81. The predicted octanol–water partition coefficient (Wildman–Crippen LogP) is 5.87. The van der Waals surface area contributed by atoms with Crippen molar-refractivity contribution in [3.05, 3.63) is 93.4 Å². The molecule has 0 saturated carbocycles. The Morgan fingerprint density at radius 1 is 0.975 bits per heavy atom. The molecule has 5 bridgehead atoms. The zero-order chi connectivity index (χ0) is 58.3. The van der Waals surface area contributed by atoms with Crippen molar-refractivity contribution in [2.24, 2.45) is 22.9 Å². The number of phenols is 1. The molecule has 4 heterocycles. The lowest BCUT2D eigenvalue weighted by Gasteiger charge is -2.33. The third-order valence-electron chi connectivity index (χ3n) is 14.4. The third kappa shape index (κ3) is 15.0. The number of piperazine rings is 1. The molecule has 0 aromatic heterocycles. The van der Waals surface area contributed by atoms with E-state index in [2.05, 4.69) is 10.4 Å². The molecular weight excluding hydrogens is 1060 g/mol. The Balaban J connectivity index is 1.21. The molecule has 1 fully saturated rings. The summed E-state index contributed by atoms with van der Waals surface area (Å²) in [5, 5.41) is 32.2. The number of ketones is 3. The molecule has 7 atom stereocenters. The number of aliphatic hydroxyl groups is 1. The maximum atomic E-state index is 14.9. The van der Waals surface area contributed by atoms with E-state index in [0.29, 0.717) is 62.9 Å². The SMILES string of the molecule is CC(=O)Oc1ccc(P(O)CP(O)O)cc1C(C)(C)CC(=O)OCCN1CCN(/N=C/C2=C3NC(=O)/C(C)=C\C=C\C(C)C[C@@H](C)C(O)[C@@H](C)C(OC(C)=O)CC/C=C/O[C@@]4(C)Oc5c(C)c(O)c(c(c5C4=O)C2=O)C3=O)CC1. The van der Waals surface area contributed by atoms with Crippen molar-refractivity contribution in [1.29, 1.82) is 0 Å². The van der Waals surface area contributed by atoms with E-state index in [1.807, 2.05) is 31.7 Å². The van der Waals surface area contributed by atoms with Gasteiger partial charge < -0.3 is 53.9 Å². The first-order chi connectivity index (χ1) is 37.1. The number of aromatic hydroxyl groups is 1. The number of nitrogens with one attached hydrogen (secondary N) is 1. The number of carbonyl (C=O) groups is 7. The van der Waals surface area contributed by atoms with Gasteiger partial charge in [0.2, 0.25) is 5.78 Å². The number of esters is 3. The summed E-state index contributed by atoms with van der Waals surface area (Å²) >= 11 is 0. The predicted molar refractivity (Wildman–Crippen MR) is 294 cm³/mol. The number of phenolic OH excluding ortho intramolecular Hbond substituents is 1. The normalized spacial score (nSPS) is 25.5. The number of nitrogens with zero attached hydrogens (tertiary/aromatic N) is 3. The Morgan fingerprint density at radius 3 is 2.33 bits per heavy atom. The van der Waals surface area contributed by atoms with E-state index in [1.54, 1.807) is 37.1 Å². The van der Waals surface area contributed by atoms with E-state index >= 15 is 0 Å². The van der Waals surface area contributed by atoms with E-state index in [9.17, 15) is 58.5 Å². The van der Waals surface area contributed by atoms with Crippen molar-refractivity contribution in [2.75, 3.05) is 45.2 Å². The molecule has 5 aliphatic rings. The van der Waals surface area contributed by atoms with Gasteiger partial charge in [0.1, 0.15) is 35.7 Å². The number of ether oxygens (including phenoxy) is 5. The molecule has 0 spiro atoms. The number of hydrogen-bond donors (Lipinski definition) is 6.